The summed E-state index contributed by atoms with van der Waals surface area (Å²) in [5, 5.41) is 13.3. The first-order valence-electron chi connectivity index (χ1n) is 8.21. The summed E-state index contributed by atoms with van der Waals surface area (Å²) in [7, 11) is 0. The lowest BCUT2D eigenvalue weighted by Gasteiger charge is -2.25. The number of guanidine groups is 1. The molecular weight excluding hydrogens is 435 g/mol. The van der Waals surface area contributed by atoms with Crippen molar-refractivity contribution >= 4 is 41.3 Å². The number of nitrogens with one attached hydrogen (secondary N) is 2. The van der Waals surface area contributed by atoms with Crippen molar-refractivity contribution in [3.63, 3.8) is 0 Å². The average molecular weight is 460 g/mol. The van der Waals surface area contributed by atoms with E-state index in [-0.39, 0.29) is 24.0 Å². The Morgan fingerprint density at radius 3 is 3.17 bits per heavy atom. The number of hydrogen-bond acceptors (Lipinski definition) is 4. The van der Waals surface area contributed by atoms with Gasteiger partial charge in [-0.15, -0.1) is 35.3 Å². The van der Waals surface area contributed by atoms with E-state index in [0.717, 1.165) is 44.3 Å². The predicted molar refractivity (Wildman–Crippen MR) is 109 cm³/mol. The van der Waals surface area contributed by atoms with Crippen molar-refractivity contribution in [2.45, 2.75) is 45.2 Å². The number of hydrogen-bond donors (Lipinski definition) is 2. The second-order valence-corrected chi connectivity index (χ2v) is 6.85. The van der Waals surface area contributed by atoms with E-state index in [9.17, 15) is 0 Å². The zero-order chi connectivity index (χ0) is 16.1. The molecule has 0 aliphatic carbocycles. The lowest BCUT2D eigenvalue weighted by Crippen LogP contribution is -2.47. The molecule has 24 heavy (non-hydrogen) atoms. The molecule has 132 valence electrons. The highest BCUT2D eigenvalue weighted by Gasteiger charge is 2.20. The fourth-order valence-corrected chi connectivity index (χ4v) is 3.54. The standard InChI is InChI=1S/C16H24N6S.HI/c1-3-17-16(18-9-12(2)14-5-4-8-23-14)21-13-6-7-15-19-11-20-22(15)10-13;/h4-5,8,11-13H,3,6-7,9-10H2,1-2H3,(H2,17,18,21);1H. The molecule has 2 unspecified atom stereocenters. The Balaban J connectivity index is 0.00000208. The molecule has 2 aromatic heterocycles. The van der Waals surface area contributed by atoms with Crippen LogP contribution in [0, 0.1) is 0 Å². The fraction of sp³-hybridized carbons (Fsp3) is 0.562. The highest BCUT2D eigenvalue weighted by atomic mass is 127. The van der Waals surface area contributed by atoms with Gasteiger partial charge in [-0.3, -0.25) is 4.99 Å². The van der Waals surface area contributed by atoms with Crippen LogP contribution in [0.1, 0.15) is 36.9 Å². The van der Waals surface area contributed by atoms with Crippen LogP contribution in [0.15, 0.2) is 28.8 Å². The third-order valence-electron chi connectivity index (χ3n) is 4.04. The largest absolute Gasteiger partial charge is 0.357 e. The number of rotatable bonds is 5. The molecule has 0 bridgehead atoms. The summed E-state index contributed by atoms with van der Waals surface area (Å²) in [5.74, 6) is 2.42. The van der Waals surface area contributed by atoms with Crippen LogP contribution in [0.3, 0.4) is 0 Å². The first-order valence-corrected chi connectivity index (χ1v) is 9.09. The van der Waals surface area contributed by atoms with Crippen molar-refractivity contribution in [1.29, 1.82) is 0 Å². The van der Waals surface area contributed by atoms with Crippen molar-refractivity contribution in [3.05, 3.63) is 34.5 Å². The molecule has 2 N–H and O–H groups in total. The maximum absolute atomic E-state index is 4.76. The van der Waals surface area contributed by atoms with E-state index in [0.29, 0.717) is 12.0 Å². The van der Waals surface area contributed by atoms with Crippen molar-refractivity contribution in [2.75, 3.05) is 13.1 Å². The van der Waals surface area contributed by atoms with Crippen LogP contribution in [-0.2, 0) is 13.0 Å². The Morgan fingerprint density at radius 2 is 2.42 bits per heavy atom. The summed E-state index contributed by atoms with van der Waals surface area (Å²) in [4.78, 5) is 10.4. The third kappa shape index (κ3) is 4.92. The summed E-state index contributed by atoms with van der Waals surface area (Å²) < 4.78 is 1.99. The molecule has 0 aromatic carbocycles. The van der Waals surface area contributed by atoms with Gasteiger partial charge in [0.2, 0.25) is 0 Å². The van der Waals surface area contributed by atoms with Crippen LogP contribution in [-0.4, -0.2) is 39.9 Å². The molecule has 0 amide bonds. The zero-order valence-corrected chi connectivity index (χ0v) is 17.3. The van der Waals surface area contributed by atoms with Crippen LogP contribution in [0.5, 0.6) is 0 Å². The number of nitrogens with zero attached hydrogens (tertiary/aromatic N) is 4. The number of halogens is 1. The second kappa shape index (κ2) is 9.36. The molecule has 8 heteroatoms. The molecule has 3 rings (SSSR count). The first kappa shape index (κ1) is 19.2. The van der Waals surface area contributed by atoms with Crippen molar-refractivity contribution in [3.8, 4) is 0 Å². The highest BCUT2D eigenvalue weighted by Crippen LogP contribution is 2.20. The summed E-state index contributed by atoms with van der Waals surface area (Å²) in [6, 6.07) is 4.62. The van der Waals surface area contributed by atoms with Gasteiger partial charge in [0.25, 0.3) is 0 Å². The van der Waals surface area contributed by atoms with Crippen LogP contribution >= 0.6 is 35.3 Å². The Hall–Kier alpha value is -1.16. The van der Waals surface area contributed by atoms with Gasteiger partial charge < -0.3 is 10.6 Å². The maximum atomic E-state index is 4.76. The minimum atomic E-state index is 0. The minimum absolute atomic E-state index is 0. The van der Waals surface area contributed by atoms with Crippen LogP contribution in [0.25, 0.3) is 0 Å². The smallest absolute Gasteiger partial charge is 0.191 e. The fourth-order valence-electron chi connectivity index (χ4n) is 2.76. The van der Waals surface area contributed by atoms with Crippen LogP contribution in [0.2, 0.25) is 0 Å². The highest BCUT2D eigenvalue weighted by molar-refractivity contribution is 14.0. The third-order valence-corrected chi connectivity index (χ3v) is 5.15. The second-order valence-electron chi connectivity index (χ2n) is 5.87. The van der Waals surface area contributed by atoms with Gasteiger partial charge in [0, 0.05) is 29.8 Å². The number of aromatic nitrogens is 3. The number of aliphatic imine (C=N–C) groups is 1. The predicted octanol–water partition coefficient (Wildman–Crippen LogP) is 2.63. The van der Waals surface area contributed by atoms with E-state index in [1.54, 1.807) is 17.7 Å². The monoisotopic (exact) mass is 460 g/mol. The summed E-state index contributed by atoms with van der Waals surface area (Å²) in [6.07, 6.45) is 3.66. The first-order chi connectivity index (χ1) is 11.3. The average Bonchev–Trinajstić information content (AvgIpc) is 3.23. The van der Waals surface area contributed by atoms with Crippen LogP contribution in [0.4, 0.5) is 0 Å². The van der Waals surface area contributed by atoms with Crippen molar-refractivity contribution in [2.24, 2.45) is 4.99 Å². The quantitative estimate of drug-likeness (QED) is 0.409. The molecule has 0 spiro atoms. The zero-order valence-electron chi connectivity index (χ0n) is 14.1. The van der Waals surface area contributed by atoms with E-state index in [1.807, 2.05) is 4.68 Å². The van der Waals surface area contributed by atoms with Gasteiger partial charge in [-0.05, 0) is 24.8 Å². The normalized spacial score (nSPS) is 18.4. The SMILES string of the molecule is CCNC(=NCC(C)c1cccs1)NC1CCc2ncnn2C1.I. The van der Waals surface area contributed by atoms with Gasteiger partial charge in [0.15, 0.2) is 5.96 Å². The van der Waals surface area contributed by atoms with E-state index in [1.165, 1.54) is 4.88 Å². The molecule has 2 aromatic rings. The van der Waals surface area contributed by atoms with E-state index < -0.39 is 0 Å². The molecule has 6 nitrogen and oxygen atoms in total. The molecule has 0 radical (unpaired) electrons. The molecule has 0 saturated heterocycles. The topological polar surface area (TPSA) is 67.1 Å². The van der Waals surface area contributed by atoms with Gasteiger partial charge in [-0.25, -0.2) is 9.67 Å². The number of aryl methyl sites for hydroxylation is 1. The van der Waals surface area contributed by atoms with Gasteiger partial charge in [0.05, 0.1) is 13.1 Å². The summed E-state index contributed by atoms with van der Waals surface area (Å²) >= 11 is 1.80. The van der Waals surface area contributed by atoms with Gasteiger partial charge in [0.1, 0.15) is 12.2 Å². The Labute approximate surface area is 164 Å². The molecule has 0 saturated carbocycles. The van der Waals surface area contributed by atoms with E-state index >= 15 is 0 Å². The van der Waals surface area contributed by atoms with E-state index in [4.69, 9.17) is 4.99 Å². The molecule has 1 aliphatic rings. The molecule has 1 aliphatic heterocycles. The maximum Gasteiger partial charge on any atom is 0.191 e. The van der Waals surface area contributed by atoms with Gasteiger partial charge >= 0.3 is 0 Å². The molecule has 3 heterocycles. The van der Waals surface area contributed by atoms with Gasteiger partial charge in [-0.1, -0.05) is 13.0 Å². The number of thiophene rings is 1. The van der Waals surface area contributed by atoms with Crippen molar-refractivity contribution < 1.29 is 0 Å². The Kier molecular flexibility index (Phi) is 7.47. The molecule has 2 atom stereocenters. The van der Waals surface area contributed by atoms with E-state index in [2.05, 4.69) is 52.1 Å². The summed E-state index contributed by atoms with van der Waals surface area (Å²) in [5.41, 5.74) is 0. The molecular formula is C16H25IN6S. The van der Waals surface area contributed by atoms with Crippen LogP contribution < -0.4 is 10.6 Å². The Morgan fingerprint density at radius 1 is 1.54 bits per heavy atom. The number of fused-ring (bicyclic) bond motifs is 1. The Bertz CT molecular complexity index is 639. The lowest BCUT2D eigenvalue weighted by atomic mass is 10.1. The molecule has 0 fully saturated rings. The van der Waals surface area contributed by atoms with Gasteiger partial charge in [-0.2, -0.15) is 5.10 Å². The summed E-state index contributed by atoms with van der Waals surface area (Å²) in [6.45, 7) is 6.81. The van der Waals surface area contributed by atoms with Crippen molar-refractivity contribution in [1.82, 2.24) is 25.4 Å². The lowest BCUT2D eigenvalue weighted by molar-refractivity contribution is 0.392. The minimum Gasteiger partial charge on any atom is -0.357 e.